The molecule has 0 saturated carbocycles. The molecular formula is C23H28Cl2N6O2S2. The van der Waals surface area contributed by atoms with Crippen LogP contribution in [-0.2, 0) is 13.1 Å². The molecule has 0 aliphatic carbocycles. The summed E-state index contributed by atoms with van der Waals surface area (Å²) in [5.41, 5.74) is 8.01. The molecule has 12 heteroatoms. The lowest BCUT2D eigenvalue weighted by Crippen LogP contribution is -2.33. The molecule has 35 heavy (non-hydrogen) atoms. The maximum absolute atomic E-state index is 6.20. The molecule has 2 aromatic rings. The van der Waals surface area contributed by atoms with Gasteiger partial charge in [0, 0.05) is 13.1 Å². The molecule has 8 nitrogen and oxygen atoms in total. The number of rotatable bonds is 11. The number of hydrogen-bond acceptors (Lipinski definition) is 6. The largest absolute Gasteiger partial charge is 0.492 e. The molecule has 0 aliphatic heterocycles. The maximum atomic E-state index is 6.20. The van der Waals surface area contributed by atoms with Gasteiger partial charge in [-0.15, -0.1) is 0 Å². The van der Waals surface area contributed by atoms with Crippen molar-refractivity contribution < 1.29 is 9.47 Å². The van der Waals surface area contributed by atoms with E-state index in [1.165, 1.54) is 6.21 Å². The van der Waals surface area contributed by atoms with Crippen LogP contribution in [-0.4, -0.2) is 35.4 Å². The topological polar surface area (TPSA) is 91.3 Å². The summed E-state index contributed by atoms with van der Waals surface area (Å²) in [6.07, 6.45) is 1.52. The minimum Gasteiger partial charge on any atom is -0.492 e. The van der Waals surface area contributed by atoms with Crippen molar-refractivity contribution in [2.75, 3.05) is 13.2 Å². The molecule has 0 radical (unpaired) electrons. The fraction of sp³-hybridized carbons (Fsp3) is 0.304. The second-order valence-corrected chi connectivity index (χ2v) is 8.63. The van der Waals surface area contributed by atoms with Crippen molar-refractivity contribution in [3.8, 4) is 11.5 Å². The first-order valence-corrected chi connectivity index (χ1v) is 12.4. The van der Waals surface area contributed by atoms with Crippen LogP contribution in [0.5, 0.6) is 11.5 Å². The lowest BCUT2D eigenvalue weighted by molar-refractivity contribution is 0.340. The molecule has 0 aromatic heterocycles. The van der Waals surface area contributed by atoms with E-state index in [1.807, 2.05) is 50.2 Å². The van der Waals surface area contributed by atoms with E-state index in [2.05, 4.69) is 31.7 Å². The molecule has 2 aromatic carbocycles. The van der Waals surface area contributed by atoms with Crippen LogP contribution < -0.4 is 31.0 Å². The summed E-state index contributed by atoms with van der Waals surface area (Å²) in [5.74, 6) is 1.31. The van der Waals surface area contributed by atoms with Crippen LogP contribution in [0, 0.1) is 0 Å². The molecule has 0 fully saturated rings. The van der Waals surface area contributed by atoms with Gasteiger partial charge in [-0.05, 0) is 80.6 Å². The second kappa shape index (κ2) is 15.4. The predicted molar refractivity (Wildman–Crippen MR) is 152 cm³/mol. The summed E-state index contributed by atoms with van der Waals surface area (Å²) in [5, 5.41) is 16.2. The zero-order chi connectivity index (χ0) is 25.6. The van der Waals surface area contributed by atoms with E-state index >= 15 is 0 Å². The maximum Gasteiger partial charge on any atom is 0.187 e. The summed E-state index contributed by atoms with van der Waals surface area (Å²) in [6.45, 7) is 7.68. The van der Waals surface area contributed by atoms with Crippen molar-refractivity contribution in [3.63, 3.8) is 0 Å². The van der Waals surface area contributed by atoms with E-state index in [0.717, 1.165) is 11.1 Å². The molecule has 0 atom stereocenters. The smallest absolute Gasteiger partial charge is 0.187 e. The Bertz CT molecular complexity index is 1080. The van der Waals surface area contributed by atoms with Crippen LogP contribution >= 0.6 is 47.6 Å². The fourth-order valence-corrected chi connectivity index (χ4v) is 3.41. The van der Waals surface area contributed by atoms with Gasteiger partial charge in [0.05, 0.1) is 35.2 Å². The zero-order valence-corrected chi connectivity index (χ0v) is 22.8. The van der Waals surface area contributed by atoms with Gasteiger partial charge in [0.15, 0.2) is 10.2 Å². The average Bonchev–Trinajstić information content (AvgIpc) is 2.83. The van der Waals surface area contributed by atoms with Gasteiger partial charge in [-0.2, -0.15) is 10.2 Å². The quantitative estimate of drug-likeness (QED) is 0.179. The van der Waals surface area contributed by atoms with Crippen LogP contribution in [0.2, 0.25) is 10.0 Å². The van der Waals surface area contributed by atoms with Gasteiger partial charge in [-0.1, -0.05) is 35.3 Å². The normalized spacial score (nSPS) is 11.2. The Labute approximate surface area is 226 Å². The molecule has 0 spiro atoms. The number of hydrogen-bond donors (Lipinski definition) is 4. The fourth-order valence-electron chi connectivity index (χ4n) is 2.65. The summed E-state index contributed by atoms with van der Waals surface area (Å²) in [6, 6.07) is 11.2. The van der Waals surface area contributed by atoms with Gasteiger partial charge in [0.1, 0.15) is 11.5 Å². The van der Waals surface area contributed by atoms with Crippen LogP contribution in [0.15, 0.2) is 46.6 Å². The molecular weight excluding hydrogens is 527 g/mol. The van der Waals surface area contributed by atoms with Gasteiger partial charge in [0.25, 0.3) is 0 Å². The number of thiocarbonyl (C=S) groups is 2. The molecule has 4 N–H and O–H groups in total. The van der Waals surface area contributed by atoms with Gasteiger partial charge >= 0.3 is 0 Å². The first-order valence-electron chi connectivity index (χ1n) is 10.8. The van der Waals surface area contributed by atoms with E-state index < -0.39 is 0 Å². The number of nitrogens with one attached hydrogen (secondary N) is 4. The van der Waals surface area contributed by atoms with E-state index in [1.54, 1.807) is 6.92 Å². The van der Waals surface area contributed by atoms with Crippen molar-refractivity contribution in [3.05, 3.63) is 57.6 Å². The highest BCUT2D eigenvalue weighted by Gasteiger charge is 2.04. The number of halogens is 2. The summed E-state index contributed by atoms with van der Waals surface area (Å²) >= 11 is 22.9. The van der Waals surface area contributed by atoms with Gasteiger partial charge in [-0.25, -0.2) is 0 Å². The Morgan fingerprint density at radius 1 is 0.857 bits per heavy atom. The van der Waals surface area contributed by atoms with Crippen molar-refractivity contribution in [1.29, 1.82) is 0 Å². The van der Waals surface area contributed by atoms with E-state index in [-0.39, 0.29) is 0 Å². The van der Waals surface area contributed by atoms with Crippen molar-refractivity contribution >= 4 is 69.8 Å². The molecule has 0 aliphatic rings. The average molecular weight is 556 g/mol. The number of ether oxygens (including phenoxy) is 2. The Kier molecular flexibility index (Phi) is 12.5. The SMILES string of the molecule is CCOc1ccc(CNC(=S)NN=CC(C)=NNC(=S)NCc2ccc(OCC)c(Cl)c2)cc1Cl. The van der Waals surface area contributed by atoms with Crippen LogP contribution in [0.4, 0.5) is 0 Å². The first kappa shape index (κ1) is 28.6. The summed E-state index contributed by atoms with van der Waals surface area (Å²) in [4.78, 5) is 0. The Balaban J connectivity index is 1.71. The molecule has 0 heterocycles. The van der Waals surface area contributed by atoms with Gasteiger partial charge in [0.2, 0.25) is 0 Å². The number of benzene rings is 2. The summed E-state index contributed by atoms with van der Waals surface area (Å²) < 4.78 is 10.9. The highest BCUT2D eigenvalue weighted by Crippen LogP contribution is 2.26. The zero-order valence-electron chi connectivity index (χ0n) is 19.7. The van der Waals surface area contributed by atoms with Crippen molar-refractivity contribution in [2.45, 2.75) is 33.9 Å². The van der Waals surface area contributed by atoms with E-state index in [0.29, 0.717) is 63.8 Å². The summed E-state index contributed by atoms with van der Waals surface area (Å²) in [7, 11) is 0. The Morgan fingerprint density at radius 2 is 1.34 bits per heavy atom. The monoisotopic (exact) mass is 554 g/mol. The lowest BCUT2D eigenvalue weighted by Gasteiger charge is -2.10. The highest BCUT2D eigenvalue weighted by atomic mass is 35.5. The standard InChI is InChI=1S/C23H28Cl2N6O2S2/c1-4-32-20-8-6-16(10-18(20)24)13-26-22(34)30-28-12-15(3)29-31-23(35)27-14-17-7-9-21(33-5-2)19(25)11-17/h6-12H,4-5,13-14H2,1-3H3,(H2,26,30,34)(H2,27,31,35). The highest BCUT2D eigenvalue weighted by molar-refractivity contribution is 7.80. The first-order chi connectivity index (χ1) is 16.8. The molecule has 0 unspecified atom stereocenters. The van der Waals surface area contributed by atoms with Crippen LogP contribution in [0.3, 0.4) is 0 Å². The lowest BCUT2D eigenvalue weighted by atomic mass is 10.2. The molecule has 0 amide bonds. The van der Waals surface area contributed by atoms with Gasteiger partial charge < -0.3 is 20.1 Å². The molecule has 188 valence electrons. The van der Waals surface area contributed by atoms with Crippen LogP contribution in [0.1, 0.15) is 31.9 Å². The Morgan fingerprint density at radius 3 is 1.80 bits per heavy atom. The molecule has 0 bridgehead atoms. The molecule has 2 rings (SSSR count). The van der Waals surface area contributed by atoms with Crippen LogP contribution in [0.25, 0.3) is 0 Å². The second-order valence-electron chi connectivity index (χ2n) is 7.00. The third kappa shape index (κ3) is 10.6. The molecule has 0 saturated heterocycles. The number of hydrazone groups is 2. The third-order valence-electron chi connectivity index (χ3n) is 4.25. The Hall–Kier alpha value is -2.66. The van der Waals surface area contributed by atoms with Crippen molar-refractivity contribution in [1.82, 2.24) is 21.5 Å². The minimum atomic E-state index is 0.359. The van der Waals surface area contributed by atoms with E-state index in [4.69, 9.17) is 57.1 Å². The van der Waals surface area contributed by atoms with Gasteiger partial charge in [-0.3, -0.25) is 10.9 Å². The number of nitrogens with zero attached hydrogens (tertiary/aromatic N) is 2. The van der Waals surface area contributed by atoms with Crippen molar-refractivity contribution in [2.24, 2.45) is 10.2 Å². The predicted octanol–water partition coefficient (Wildman–Crippen LogP) is 4.78. The third-order valence-corrected chi connectivity index (χ3v) is 5.31. The minimum absolute atomic E-state index is 0.359. The van der Waals surface area contributed by atoms with E-state index in [9.17, 15) is 0 Å².